The van der Waals surface area contributed by atoms with Gasteiger partial charge in [-0.15, -0.1) is 0 Å². The van der Waals surface area contributed by atoms with Crippen LogP contribution in [0.5, 0.6) is 0 Å². The largest absolute Gasteiger partial charge is 0.390 e. The van der Waals surface area contributed by atoms with Crippen LogP contribution in [0.4, 0.5) is 0 Å². The lowest BCUT2D eigenvalue weighted by atomic mass is 9.60. The minimum absolute atomic E-state index is 0.455. The summed E-state index contributed by atoms with van der Waals surface area (Å²) in [5.74, 6) is 1.12. The van der Waals surface area contributed by atoms with Crippen LogP contribution < -0.4 is 33.2 Å². The van der Waals surface area contributed by atoms with Gasteiger partial charge in [-0.1, -0.05) is 72.8 Å². The van der Waals surface area contributed by atoms with Crippen LogP contribution in [0.3, 0.4) is 0 Å². The topological polar surface area (TPSA) is 114 Å². The second-order valence-electron chi connectivity index (χ2n) is 8.94. The molecule has 3 aromatic carbocycles. The van der Waals surface area contributed by atoms with Gasteiger partial charge in [0.25, 0.3) is 0 Å². The van der Waals surface area contributed by atoms with Crippen LogP contribution in [0.15, 0.2) is 96.0 Å². The van der Waals surface area contributed by atoms with Crippen molar-refractivity contribution in [3.05, 3.63) is 135 Å². The van der Waals surface area contributed by atoms with Crippen molar-refractivity contribution < 1.29 is 0 Å². The Hall–Kier alpha value is -3.58. The molecule has 0 atom stereocenters. The van der Waals surface area contributed by atoms with E-state index in [1.54, 1.807) is 0 Å². The first kappa shape index (κ1) is 25.5. The summed E-state index contributed by atoms with van der Waals surface area (Å²) in [7, 11) is 5.87. The molecule has 0 saturated heterocycles. The molecule has 0 spiro atoms. The Morgan fingerprint density at radius 3 is 1.39 bits per heavy atom. The molecule has 1 aliphatic rings. The highest BCUT2D eigenvalue weighted by molar-refractivity contribution is 5.70. The van der Waals surface area contributed by atoms with Crippen LogP contribution in [0.25, 0.3) is 0 Å². The number of benzene rings is 3. The van der Waals surface area contributed by atoms with E-state index in [1.165, 1.54) is 0 Å². The first-order chi connectivity index (χ1) is 17.6. The van der Waals surface area contributed by atoms with E-state index in [9.17, 15) is 0 Å². The molecule has 187 valence electrons. The van der Waals surface area contributed by atoms with Crippen molar-refractivity contribution in [2.75, 3.05) is 21.1 Å². The number of allylic oxidation sites excluding steroid dienone is 1. The van der Waals surface area contributed by atoms with Gasteiger partial charge in [0.15, 0.2) is 0 Å². The van der Waals surface area contributed by atoms with Gasteiger partial charge in [-0.3, -0.25) is 0 Å². The lowest BCUT2D eigenvalue weighted by Gasteiger charge is -2.43. The van der Waals surface area contributed by atoms with E-state index in [1.807, 2.05) is 21.1 Å². The highest BCUT2D eigenvalue weighted by Gasteiger charge is 2.50. The maximum absolute atomic E-state index is 6.14. The van der Waals surface area contributed by atoms with Crippen molar-refractivity contribution in [3.63, 3.8) is 0 Å². The fourth-order valence-electron chi connectivity index (χ4n) is 5.33. The van der Waals surface area contributed by atoms with E-state index in [2.05, 4.69) is 94.8 Å². The first-order valence-corrected chi connectivity index (χ1v) is 12.3. The SMILES string of the molecule is CNC1=CC(NC)=C(NC)[C]1C(c1cccc(CN)c1)(c1cccc(CN)c1)c1cccc(CN)c1. The molecule has 0 heterocycles. The molecule has 4 rings (SSSR count). The number of likely N-dealkylation sites (N-methyl/N-ethyl adjacent to an activating group) is 1. The fourth-order valence-corrected chi connectivity index (χ4v) is 5.33. The first-order valence-electron chi connectivity index (χ1n) is 12.3. The molecule has 1 radical (unpaired) electrons. The van der Waals surface area contributed by atoms with Crippen molar-refractivity contribution in [2.45, 2.75) is 25.0 Å². The summed E-state index contributed by atoms with van der Waals surface area (Å²) in [5, 5.41) is 10.3. The molecule has 6 nitrogen and oxygen atoms in total. The average Bonchev–Trinajstić information content (AvgIpc) is 3.32. The van der Waals surface area contributed by atoms with Crippen LogP contribution in [-0.2, 0) is 25.0 Å². The van der Waals surface area contributed by atoms with Crippen molar-refractivity contribution in [1.82, 2.24) is 16.0 Å². The van der Waals surface area contributed by atoms with Gasteiger partial charge in [-0.2, -0.15) is 0 Å². The summed E-state index contributed by atoms with van der Waals surface area (Å²) in [6.45, 7) is 1.36. The Balaban J connectivity index is 2.20. The van der Waals surface area contributed by atoms with Gasteiger partial charge in [0.05, 0.1) is 17.0 Å². The normalized spacial score (nSPS) is 14.1. The quantitative estimate of drug-likeness (QED) is 0.248. The molecule has 9 N–H and O–H groups in total. The van der Waals surface area contributed by atoms with Gasteiger partial charge in [0, 0.05) is 52.2 Å². The number of nitrogens with one attached hydrogen (secondary N) is 3. The zero-order chi connectivity index (χ0) is 25.7. The molecule has 0 amide bonds. The number of hydrogen-bond donors (Lipinski definition) is 6. The third kappa shape index (κ3) is 4.28. The van der Waals surface area contributed by atoms with Crippen LogP contribution >= 0.6 is 0 Å². The predicted molar refractivity (Wildman–Crippen MR) is 148 cm³/mol. The molecular weight excluding hydrogens is 444 g/mol. The summed E-state index contributed by atoms with van der Waals surface area (Å²) in [6.07, 6.45) is 2.16. The molecule has 0 saturated carbocycles. The van der Waals surface area contributed by atoms with Crippen molar-refractivity contribution in [2.24, 2.45) is 17.2 Å². The van der Waals surface area contributed by atoms with Crippen LogP contribution in [0.1, 0.15) is 33.4 Å². The second-order valence-corrected chi connectivity index (χ2v) is 8.94. The Labute approximate surface area is 214 Å². The highest BCUT2D eigenvalue weighted by Crippen LogP contribution is 2.53. The van der Waals surface area contributed by atoms with Gasteiger partial charge < -0.3 is 33.2 Å². The Kier molecular flexibility index (Phi) is 7.79. The zero-order valence-electron chi connectivity index (χ0n) is 21.4. The van der Waals surface area contributed by atoms with E-state index in [0.717, 1.165) is 56.4 Å². The second kappa shape index (κ2) is 11.0. The number of nitrogens with two attached hydrogens (primary N) is 3. The minimum Gasteiger partial charge on any atom is -0.390 e. The summed E-state index contributed by atoms with van der Waals surface area (Å²) >= 11 is 0. The molecule has 6 heteroatoms. The maximum Gasteiger partial charge on any atom is 0.0876 e. The van der Waals surface area contributed by atoms with Crippen molar-refractivity contribution in [3.8, 4) is 0 Å². The maximum atomic E-state index is 6.14. The summed E-state index contributed by atoms with van der Waals surface area (Å²) in [5.41, 5.74) is 27.4. The van der Waals surface area contributed by atoms with E-state index >= 15 is 0 Å². The summed E-state index contributed by atoms with van der Waals surface area (Å²) < 4.78 is 0. The lowest BCUT2D eigenvalue weighted by Crippen LogP contribution is -2.42. The summed E-state index contributed by atoms with van der Waals surface area (Å²) in [4.78, 5) is 0. The molecule has 1 aliphatic carbocycles. The number of rotatable bonds is 10. The minimum atomic E-state index is -0.687. The molecule has 0 aromatic heterocycles. The zero-order valence-corrected chi connectivity index (χ0v) is 21.4. The lowest BCUT2D eigenvalue weighted by molar-refractivity contribution is 0.625. The van der Waals surface area contributed by atoms with Crippen molar-refractivity contribution in [1.29, 1.82) is 0 Å². The highest BCUT2D eigenvalue weighted by atomic mass is 15.0. The molecule has 3 aromatic rings. The molecule has 0 fully saturated rings. The van der Waals surface area contributed by atoms with Gasteiger partial charge in [-0.05, 0) is 39.5 Å². The molecule has 36 heavy (non-hydrogen) atoms. The molecule has 0 unspecified atom stereocenters. The summed E-state index contributed by atoms with van der Waals surface area (Å²) in [6, 6.07) is 25.7. The molecule has 0 aliphatic heterocycles. The van der Waals surface area contributed by atoms with E-state index < -0.39 is 5.41 Å². The van der Waals surface area contributed by atoms with Gasteiger partial charge in [-0.25, -0.2) is 0 Å². The van der Waals surface area contributed by atoms with Crippen LogP contribution in [0, 0.1) is 5.92 Å². The fraction of sp³-hybridized carbons (Fsp3) is 0.233. The number of hydrogen-bond acceptors (Lipinski definition) is 6. The van der Waals surface area contributed by atoms with E-state index in [0.29, 0.717) is 19.6 Å². The predicted octanol–water partition coefficient (Wildman–Crippen LogP) is 2.74. The van der Waals surface area contributed by atoms with Gasteiger partial charge in [0.1, 0.15) is 0 Å². The van der Waals surface area contributed by atoms with E-state index in [-0.39, 0.29) is 0 Å². The monoisotopic (exact) mass is 481 g/mol. The average molecular weight is 482 g/mol. The van der Waals surface area contributed by atoms with Gasteiger partial charge in [0.2, 0.25) is 0 Å². The Bertz CT molecular complexity index is 1160. The Morgan fingerprint density at radius 1 is 0.611 bits per heavy atom. The van der Waals surface area contributed by atoms with Crippen LogP contribution in [-0.4, -0.2) is 21.1 Å². The van der Waals surface area contributed by atoms with E-state index in [4.69, 9.17) is 17.2 Å². The molecular formula is C30H37N6. The van der Waals surface area contributed by atoms with Gasteiger partial charge >= 0.3 is 0 Å². The smallest absolute Gasteiger partial charge is 0.0876 e. The Morgan fingerprint density at radius 2 is 1.06 bits per heavy atom. The standard InChI is InChI=1S/C30H37N6/c1-34-26-16-27(35-2)29(36-3)28(26)30(23-10-4-7-20(13-23)17-31,24-11-5-8-21(14-24)18-32)25-12-6-9-22(15-25)19-33/h4-16,34-36H,17-19,31-33H2,1-3H3. The van der Waals surface area contributed by atoms with Crippen LogP contribution in [0.2, 0.25) is 0 Å². The third-order valence-corrected chi connectivity index (χ3v) is 7.03. The van der Waals surface area contributed by atoms with Crippen molar-refractivity contribution >= 4 is 0 Å². The molecule has 0 bridgehead atoms. The third-order valence-electron chi connectivity index (χ3n) is 7.03.